The topological polar surface area (TPSA) is 13.1 Å². The number of rotatable bonds is 1. The first-order valence-electron chi connectivity index (χ1n) is 7.99. The number of hydrogen-bond donors (Lipinski definition) is 0. The first-order valence-corrected chi connectivity index (χ1v) is 6.99. The standard InChI is InChI=1S/C18H22NO/c1-13-8-9-14-10-11-18(2,3)20-17(14)16(13)15-7-5-6-12-19(15)4/h5-9,12H,10-11H2,1-4H3/q+1/i10D2. The molecular weight excluding hydrogens is 246 g/mol. The quantitative estimate of drug-likeness (QED) is 0.722. The Morgan fingerprint density at radius 1 is 1.25 bits per heavy atom. The van der Waals surface area contributed by atoms with E-state index >= 15 is 0 Å². The first kappa shape index (κ1) is 10.9. The fourth-order valence-electron chi connectivity index (χ4n) is 2.65. The van der Waals surface area contributed by atoms with Crippen molar-refractivity contribution in [1.29, 1.82) is 0 Å². The van der Waals surface area contributed by atoms with E-state index in [1.165, 1.54) is 0 Å². The third-order valence-corrected chi connectivity index (χ3v) is 3.76. The van der Waals surface area contributed by atoms with Gasteiger partial charge in [-0.05, 0) is 50.8 Å². The lowest BCUT2D eigenvalue weighted by atomic mass is 9.90. The predicted octanol–water partition coefficient (Wildman–Crippen LogP) is 3.59. The third kappa shape index (κ3) is 2.20. The van der Waals surface area contributed by atoms with E-state index in [0.717, 1.165) is 16.8 Å². The van der Waals surface area contributed by atoms with Gasteiger partial charge < -0.3 is 4.74 Å². The second-order valence-corrected chi connectivity index (χ2v) is 6.05. The maximum absolute atomic E-state index is 8.43. The summed E-state index contributed by atoms with van der Waals surface area (Å²) >= 11 is 0. The van der Waals surface area contributed by atoms with Crippen molar-refractivity contribution in [2.75, 3.05) is 0 Å². The van der Waals surface area contributed by atoms with Crippen molar-refractivity contribution in [3.63, 3.8) is 0 Å². The SMILES string of the molecule is [2H]C1([2H])CC(C)(C)Oc2c1ccc(C)c2-c1cccc[n+]1C. The van der Waals surface area contributed by atoms with Gasteiger partial charge in [0.2, 0.25) is 5.69 Å². The Labute approximate surface area is 123 Å². The Kier molecular flexibility index (Phi) is 2.52. The molecule has 0 unspecified atom stereocenters. The zero-order chi connectivity index (χ0) is 16.1. The first-order chi connectivity index (χ1) is 10.2. The van der Waals surface area contributed by atoms with Gasteiger partial charge in [-0.1, -0.05) is 12.1 Å². The van der Waals surface area contributed by atoms with Crippen molar-refractivity contribution in [1.82, 2.24) is 0 Å². The van der Waals surface area contributed by atoms with Crippen LogP contribution in [0, 0.1) is 6.92 Å². The summed E-state index contributed by atoms with van der Waals surface area (Å²) in [5.41, 5.74) is 3.24. The molecule has 0 aliphatic carbocycles. The number of aromatic nitrogens is 1. The molecule has 0 saturated heterocycles. The minimum Gasteiger partial charge on any atom is -0.487 e. The normalized spacial score (nSPS) is 20.4. The molecule has 104 valence electrons. The second kappa shape index (κ2) is 4.62. The fraction of sp³-hybridized carbons (Fsp3) is 0.389. The number of ether oxygens (including phenoxy) is 1. The molecule has 0 bridgehead atoms. The molecule has 1 aromatic carbocycles. The van der Waals surface area contributed by atoms with Crippen molar-refractivity contribution in [3.05, 3.63) is 47.7 Å². The van der Waals surface area contributed by atoms with Crippen LogP contribution in [0.25, 0.3) is 11.3 Å². The van der Waals surface area contributed by atoms with Crippen LogP contribution in [0.4, 0.5) is 0 Å². The van der Waals surface area contributed by atoms with Crippen LogP contribution in [0.15, 0.2) is 36.5 Å². The molecule has 2 heteroatoms. The summed E-state index contributed by atoms with van der Waals surface area (Å²) in [5.74, 6) is 0.683. The highest BCUT2D eigenvalue weighted by Gasteiger charge is 2.31. The van der Waals surface area contributed by atoms with Crippen molar-refractivity contribution in [2.24, 2.45) is 7.05 Å². The Bertz CT molecular complexity index is 738. The minimum absolute atomic E-state index is 0.358. The summed E-state index contributed by atoms with van der Waals surface area (Å²) in [5, 5.41) is 0. The van der Waals surface area contributed by atoms with Crippen LogP contribution < -0.4 is 9.30 Å². The van der Waals surface area contributed by atoms with E-state index in [9.17, 15) is 0 Å². The fourth-order valence-corrected chi connectivity index (χ4v) is 2.65. The van der Waals surface area contributed by atoms with Crippen LogP contribution in [-0.4, -0.2) is 5.60 Å². The van der Waals surface area contributed by atoms with Gasteiger partial charge in [0.25, 0.3) is 0 Å². The van der Waals surface area contributed by atoms with Gasteiger partial charge in [-0.15, -0.1) is 0 Å². The van der Waals surface area contributed by atoms with Gasteiger partial charge in [-0.25, -0.2) is 4.57 Å². The van der Waals surface area contributed by atoms with Gasteiger partial charge in [0.15, 0.2) is 6.20 Å². The van der Waals surface area contributed by atoms with E-state index in [0.29, 0.717) is 17.7 Å². The van der Waals surface area contributed by atoms with Crippen LogP contribution in [0.5, 0.6) is 5.75 Å². The zero-order valence-electron chi connectivity index (χ0n) is 14.5. The van der Waals surface area contributed by atoms with Gasteiger partial charge in [-0.3, -0.25) is 0 Å². The van der Waals surface area contributed by atoms with E-state index in [2.05, 4.69) is 0 Å². The summed E-state index contributed by atoms with van der Waals surface area (Å²) in [6, 6.07) is 9.88. The molecule has 2 nitrogen and oxygen atoms in total. The molecule has 0 saturated carbocycles. The summed E-state index contributed by atoms with van der Waals surface area (Å²) in [4.78, 5) is 0. The van der Waals surface area contributed by atoms with E-state index < -0.39 is 12.0 Å². The van der Waals surface area contributed by atoms with Crippen LogP contribution in [0.2, 0.25) is 0 Å². The van der Waals surface area contributed by atoms with Gasteiger partial charge in [0, 0.05) is 14.9 Å². The van der Waals surface area contributed by atoms with Crippen LogP contribution in [0.1, 0.15) is 34.1 Å². The van der Waals surface area contributed by atoms with Gasteiger partial charge >= 0.3 is 0 Å². The number of pyridine rings is 1. The zero-order valence-corrected chi connectivity index (χ0v) is 12.5. The van der Waals surface area contributed by atoms with Crippen molar-refractivity contribution < 1.29 is 12.0 Å². The molecule has 1 aliphatic rings. The highest BCUT2D eigenvalue weighted by atomic mass is 16.5. The number of fused-ring (bicyclic) bond motifs is 1. The molecule has 0 radical (unpaired) electrons. The lowest BCUT2D eigenvalue weighted by Crippen LogP contribution is -2.34. The highest BCUT2D eigenvalue weighted by Crippen LogP contribution is 2.41. The summed E-state index contributed by atoms with van der Waals surface area (Å²) in [6.07, 6.45) is 0.972. The Balaban J connectivity index is 2.32. The predicted molar refractivity (Wildman–Crippen MR) is 80.8 cm³/mol. The van der Waals surface area contributed by atoms with E-state index in [4.69, 9.17) is 7.48 Å². The van der Waals surface area contributed by atoms with E-state index in [1.807, 2.05) is 68.9 Å². The maximum Gasteiger partial charge on any atom is 0.216 e. The molecule has 1 aromatic heterocycles. The monoisotopic (exact) mass is 270 g/mol. The molecule has 0 atom stereocenters. The molecule has 0 fully saturated rings. The van der Waals surface area contributed by atoms with Crippen LogP contribution in [0.3, 0.4) is 0 Å². The largest absolute Gasteiger partial charge is 0.487 e. The van der Waals surface area contributed by atoms with Crippen molar-refractivity contribution in [3.8, 4) is 17.0 Å². The Hall–Kier alpha value is -1.83. The minimum atomic E-state index is -1.38. The maximum atomic E-state index is 8.43. The molecule has 2 heterocycles. The lowest BCUT2D eigenvalue weighted by molar-refractivity contribution is -0.660. The van der Waals surface area contributed by atoms with Crippen LogP contribution in [-0.2, 0) is 13.4 Å². The number of aryl methyl sites for hydroxylation is 3. The average Bonchev–Trinajstić information content (AvgIpc) is 2.37. The molecule has 0 N–H and O–H groups in total. The molecule has 3 rings (SSSR count). The highest BCUT2D eigenvalue weighted by molar-refractivity contribution is 5.71. The average molecular weight is 270 g/mol. The summed E-state index contributed by atoms with van der Waals surface area (Å²) < 4.78 is 25.1. The van der Waals surface area contributed by atoms with E-state index in [-0.39, 0.29) is 0 Å². The lowest BCUT2D eigenvalue weighted by Gasteiger charge is -2.34. The molecule has 20 heavy (non-hydrogen) atoms. The van der Waals surface area contributed by atoms with Crippen molar-refractivity contribution in [2.45, 2.75) is 39.2 Å². The number of benzene rings is 1. The van der Waals surface area contributed by atoms with Crippen LogP contribution >= 0.6 is 0 Å². The van der Waals surface area contributed by atoms with Gasteiger partial charge in [0.05, 0.1) is 5.56 Å². The smallest absolute Gasteiger partial charge is 0.216 e. The summed E-state index contributed by atoms with van der Waals surface area (Å²) in [6.45, 7) is 5.94. The Morgan fingerprint density at radius 2 is 2.05 bits per heavy atom. The van der Waals surface area contributed by atoms with E-state index in [1.54, 1.807) is 0 Å². The van der Waals surface area contributed by atoms with Crippen molar-refractivity contribution >= 4 is 0 Å². The number of hydrogen-bond acceptors (Lipinski definition) is 1. The molecular formula is C18H22NO+. The Morgan fingerprint density at radius 3 is 2.80 bits per heavy atom. The third-order valence-electron chi connectivity index (χ3n) is 3.76. The van der Waals surface area contributed by atoms with Gasteiger partial charge in [0.1, 0.15) is 18.4 Å². The molecule has 0 amide bonds. The molecule has 2 aromatic rings. The molecule has 1 aliphatic heterocycles. The number of nitrogens with zero attached hydrogens (tertiary/aromatic N) is 1. The summed E-state index contributed by atoms with van der Waals surface area (Å²) in [7, 11) is 2.00. The second-order valence-electron chi connectivity index (χ2n) is 6.05. The van der Waals surface area contributed by atoms with Gasteiger partial charge in [-0.2, -0.15) is 0 Å². The molecule has 0 spiro atoms.